The van der Waals surface area contributed by atoms with Gasteiger partial charge in [0.15, 0.2) is 5.75 Å². The zero-order chi connectivity index (χ0) is 14.1. The maximum absolute atomic E-state index is 9.25. The van der Waals surface area contributed by atoms with Crippen LogP contribution < -0.4 is 10.5 Å². The van der Waals surface area contributed by atoms with Crippen LogP contribution in [0.3, 0.4) is 0 Å². The molecule has 0 bridgehead atoms. The van der Waals surface area contributed by atoms with Crippen molar-refractivity contribution < 1.29 is 4.74 Å². The van der Waals surface area contributed by atoms with Gasteiger partial charge < -0.3 is 10.5 Å². The number of hydrogen-bond donors (Lipinski definition) is 1. The van der Waals surface area contributed by atoms with Gasteiger partial charge in [0.05, 0.1) is 10.2 Å². The number of nitrogens with two attached hydrogens (primary N) is 1. The number of nitrogens with zero attached hydrogens (tertiary/aromatic N) is 2. The summed E-state index contributed by atoms with van der Waals surface area (Å²) in [5, 5.41) is 9.25. The van der Waals surface area contributed by atoms with Crippen molar-refractivity contribution in [3.05, 3.63) is 45.6 Å². The van der Waals surface area contributed by atoms with Gasteiger partial charge in [0.25, 0.3) is 0 Å². The van der Waals surface area contributed by atoms with E-state index in [0.29, 0.717) is 22.9 Å². The molecule has 2 aromatic rings. The number of anilines is 1. The van der Waals surface area contributed by atoms with Crippen LogP contribution >= 0.6 is 15.9 Å². The number of nitrogen functional groups attached to an aromatic ring is 1. The summed E-state index contributed by atoms with van der Waals surface area (Å²) >= 11 is 3.40. The minimum atomic E-state index is 0.326. The number of aryl methyl sites for hydroxylation is 2. The number of aromatic nitrogens is 1. The highest BCUT2D eigenvalue weighted by molar-refractivity contribution is 9.10. The molecule has 0 fully saturated rings. The topological polar surface area (TPSA) is 71.9 Å². The highest BCUT2D eigenvalue weighted by Crippen LogP contribution is 2.36. The molecule has 5 heteroatoms. The van der Waals surface area contributed by atoms with E-state index in [0.717, 1.165) is 35.0 Å². The normalized spacial score (nSPS) is 12.8. The molecule has 0 radical (unpaired) electrons. The van der Waals surface area contributed by atoms with E-state index in [9.17, 15) is 5.26 Å². The molecule has 1 aromatic carbocycles. The maximum atomic E-state index is 9.25. The molecule has 0 unspecified atom stereocenters. The molecule has 1 aliphatic carbocycles. The van der Waals surface area contributed by atoms with E-state index in [1.807, 2.05) is 18.2 Å². The number of benzene rings is 1. The molecule has 1 heterocycles. The quantitative estimate of drug-likeness (QED) is 0.854. The summed E-state index contributed by atoms with van der Waals surface area (Å²) in [5.74, 6) is 0.821. The number of para-hydroxylation sites is 1. The van der Waals surface area contributed by atoms with Gasteiger partial charge in [0, 0.05) is 5.69 Å². The highest BCUT2D eigenvalue weighted by atomic mass is 79.9. The van der Waals surface area contributed by atoms with Gasteiger partial charge in [-0.3, -0.25) is 0 Å². The van der Waals surface area contributed by atoms with Crippen LogP contribution in [0.5, 0.6) is 11.6 Å². The van der Waals surface area contributed by atoms with Crippen molar-refractivity contribution in [3.63, 3.8) is 0 Å². The highest BCUT2D eigenvalue weighted by Gasteiger charge is 2.18. The Morgan fingerprint density at radius 1 is 1.35 bits per heavy atom. The van der Waals surface area contributed by atoms with Crippen LogP contribution in [0.25, 0.3) is 0 Å². The van der Waals surface area contributed by atoms with Crippen molar-refractivity contribution >= 4 is 21.6 Å². The van der Waals surface area contributed by atoms with Gasteiger partial charge in [-0.15, -0.1) is 0 Å². The summed E-state index contributed by atoms with van der Waals surface area (Å²) in [5.41, 5.74) is 9.02. The third-order valence-electron chi connectivity index (χ3n) is 3.33. The number of halogens is 1. The predicted molar refractivity (Wildman–Crippen MR) is 79.6 cm³/mol. The second-order valence-electron chi connectivity index (χ2n) is 4.67. The van der Waals surface area contributed by atoms with Crippen LogP contribution in [0.2, 0.25) is 0 Å². The van der Waals surface area contributed by atoms with Gasteiger partial charge in [0.1, 0.15) is 11.6 Å². The summed E-state index contributed by atoms with van der Waals surface area (Å²) in [4.78, 5) is 4.48. The molecule has 20 heavy (non-hydrogen) atoms. The van der Waals surface area contributed by atoms with Crippen molar-refractivity contribution in [3.8, 4) is 17.7 Å². The molecule has 2 N–H and O–H groups in total. The zero-order valence-corrected chi connectivity index (χ0v) is 12.3. The van der Waals surface area contributed by atoms with E-state index in [2.05, 4.69) is 27.0 Å². The van der Waals surface area contributed by atoms with Gasteiger partial charge in [-0.2, -0.15) is 5.26 Å². The largest absolute Gasteiger partial charge is 0.434 e. The Morgan fingerprint density at radius 2 is 2.20 bits per heavy atom. The van der Waals surface area contributed by atoms with Crippen molar-refractivity contribution in [2.75, 3.05) is 5.73 Å². The van der Waals surface area contributed by atoms with Crippen LogP contribution in [-0.4, -0.2) is 4.98 Å². The number of fused-ring (bicyclic) bond motifs is 1. The molecule has 0 spiro atoms. The van der Waals surface area contributed by atoms with E-state index < -0.39 is 0 Å². The number of rotatable bonds is 2. The minimum Gasteiger partial charge on any atom is -0.434 e. The first-order valence-corrected chi connectivity index (χ1v) is 7.13. The third-order valence-corrected chi connectivity index (χ3v) is 3.96. The summed E-state index contributed by atoms with van der Waals surface area (Å²) in [6.07, 6.45) is 2.99. The molecule has 4 nitrogen and oxygen atoms in total. The predicted octanol–water partition coefficient (Wildman–Crippen LogP) is 3.58. The lowest BCUT2D eigenvalue weighted by atomic mass is 10.1. The fourth-order valence-electron chi connectivity index (χ4n) is 2.34. The minimum absolute atomic E-state index is 0.326. The molecule has 0 amide bonds. The standard InChI is InChI=1S/C15H12BrN3O/c16-11-4-2-5-12(18)14(11)20-15-10(8-17)7-9-3-1-6-13(9)19-15/h2,4-5,7H,1,3,6,18H2. The molecule has 0 saturated carbocycles. The summed E-state index contributed by atoms with van der Waals surface area (Å²) in [6, 6.07) is 9.43. The SMILES string of the molecule is N#Cc1cc2c(nc1Oc1c(N)cccc1Br)CCC2. The molecule has 1 aromatic heterocycles. The van der Waals surface area contributed by atoms with Gasteiger partial charge in [0.2, 0.25) is 5.88 Å². The summed E-state index contributed by atoms with van der Waals surface area (Å²) < 4.78 is 6.52. The Bertz CT molecular complexity index is 702. The van der Waals surface area contributed by atoms with Crippen molar-refractivity contribution in [1.82, 2.24) is 4.98 Å². The van der Waals surface area contributed by atoms with Crippen LogP contribution in [0.4, 0.5) is 5.69 Å². The summed E-state index contributed by atoms with van der Waals surface area (Å²) in [6.45, 7) is 0. The maximum Gasteiger partial charge on any atom is 0.237 e. The lowest BCUT2D eigenvalue weighted by Gasteiger charge is -2.11. The van der Waals surface area contributed by atoms with E-state index in [1.54, 1.807) is 6.07 Å². The molecular weight excluding hydrogens is 318 g/mol. The first kappa shape index (κ1) is 12.9. The Labute approximate surface area is 125 Å². The molecule has 100 valence electrons. The Kier molecular flexibility index (Phi) is 3.33. The fourth-order valence-corrected chi connectivity index (χ4v) is 2.80. The van der Waals surface area contributed by atoms with Gasteiger partial charge in [-0.05, 0) is 59.0 Å². The molecule has 0 aliphatic heterocycles. The van der Waals surface area contributed by atoms with Crippen LogP contribution in [-0.2, 0) is 12.8 Å². The van der Waals surface area contributed by atoms with Gasteiger partial charge in [-0.1, -0.05) is 6.07 Å². The fraction of sp³-hybridized carbons (Fsp3) is 0.200. The average Bonchev–Trinajstić information content (AvgIpc) is 2.89. The lowest BCUT2D eigenvalue weighted by Crippen LogP contribution is -1.99. The number of nitriles is 1. The molecule has 3 rings (SSSR count). The smallest absolute Gasteiger partial charge is 0.237 e. The van der Waals surface area contributed by atoms with Crippen molar-refractivity contribution in [2.45, 2.75) is 19.3 Å². The van der Waals surface area contributed by atoms with E-state index >= 15 is 0 Å². The van der Waals surface area contributed by atoms with Crippen molar-refractivity contribution in [2.24, 2.45) is 0 Å². The third kappa shape index (κ3) is 2.23. The molecule has 1 aliphatic rings. The molecule has 0 saturated heterocycles. The van der Waals surface area contributed by atoms with E-state index in [4.69, 9.17) is 10.5 Å². The van der Waals surface area contributed by atoms with Crippen LogP contribution in [0.15, 0.2) is 28.7 Å². The van der Waals surface area contributed by atoms with Crippen molar-refractivity contribution in [1.29, 1.82) is 5.26 Å². The van der Waals surface area contributed by atoms with Crippen LogP contribution in [0, 0.1) is 11.3 Å². The Morgan fingerprint density at radius 3 is 2.95 bits per heavy atom. The second-order valence-corrected chi connectivity index (χ2v) is 5.53. The second kappa shape index (κ2) is 5.14. The Balaban J connectivity index is 2.05. The molecule has 0 atom stereocenters. The number of pyridine rings is 1. The monoisotopic (exact) mass is 329 g/mol. The average molecular weight is 330 g/mol. The lowest BCUT2D eigenvalue weighted by molar-refractivity contribution is 0.459. The first-order valence-electron chi connectivity index (χ1n) is 6.34. The number of hydrogen-bond acceptors (Lipinski definition) is 4. The Hall–Kier alpha value is -2.06. The zero-order valence-electron chi connectivity index (χ0n) is 10.7. The van der Waals surface area contributed by atoms with E-state index in [-0.39, 0.29) is 0 Å². The molecular formula is C15H12BrN3O. The van der Waals surface area contributed by atoms with Crippen LogP contribution in [0.1, 0.15) is 23.2 Å². The summed E-state index contributed by atoms with van der Waals surface area (Å²) in [7, 11) is 0. The van der Waals surface area contributed by atoms with Gasteiger partial charge in [-0.25, -0.2) is 4.98 Å². The first-order chi connectivity index (χ1) is 9.69. The van der Waals surface area contributed by atoms with E-state index in [1.165, 1.54) is 0 Å². The number of ether oxygens (including phenoxy) is 1. The van der Waals surface area contributed by atoms with Gasteiger partial charge >= 0.3 is 0 Å².